The highest BCUT2D eigenvalue weighted by Gasteiger charge is 2.04. The first kappa shape index (κ1) is 15.5. The number of amides is 2. The zero-order chi connectivity index (χ0) is 16.6. The molecule has 1 heterocycles. The van der Waals surface area contributed by atoms with Crippen LogP contribution in [0.1, 0.15) is 5.56 Å². The molecule has 0 saturated heterocycles. The molecule has 120 valence electrons. The number of rotatable bonds is 5. The summed E-state index contributed by atoms with van der Waals surface area (Å²) in [6.07, 6.45) is 4.52. The number of carbonyl (C=O) groups is 1. The zero-order valence-electron chi connectivity index (χ0n) is 12.8. The largest absolute Gasteiger partial charge is 0.489 e. The van der Waals surface area contributed by atoms with Crippen LogP contribution in [0.15, 0.2) is 73.2 Å². The molecular formula is C18H16N4O2. The van der Waals surface area contributed by atoms with Crippen molar-refractivity contribution in [2.75, 3.05) is 10.6 Å². The van der Waals surface area contributed by atoms with E-state index >= 15 is 0 Å². The van der Waals surface area contributed by atoms with Crippen LogP contribution in [0, 0.1) is 0 Å². The van der Waals surface area contributed by atoms with E-state index in [1.807, 2.05) is 30.3 Å². The maximum atomic E-state index is 11.9. The maximum Gasteiger partial charge on any atom is 0.324 e. The molecule has 0 radical (unpaired) electrons. The van der Waals surface area contributed by atoms with Gasteiger partial charge in [-0.05, 0) is 29.8 Å². The van der Waals surface area contributed by atoms with E-state index in [1.54, 1.807) is 24.3 Å². The summed E-state index contributed by atoms with van der Waals surface area (Å²) in [7, 11) is 0. The fourth-order valence-electron chi connectivity index (χ4n) is 2.02. The summed E-state index contributed by atoms with van der Waals surface area (Å²) in [5, 5.41) is 5.31. The second-order valence-electron chi connectivity index (χ2n) is 4.97. The van der Waals surface area contributed by atoms with E-state index in [-0.39, 0.29) is 6.03 Å². The van der Waals surface area contributed by atoms with Crippen LogP contribution in [0.5, 0.6) is 5.75 Å². The Morgan fingerprint density at radius 2 is 1.75 bits per heavy atom. The van der Waals surface area contributed by atoms with Gasteiger partial charge in [0.1, 0.15) is 12.4 Å². The molecular weight excluding hydrogens is 304 g/mol. The van der Waals surface area contributed by atoms with E-state index in [0.717, 1.165) is 11.3 Å². The Labute approximate surface area is 139 Å². The predicted octanol–water partition coefficient (Wildman–Crippen LogP) is 3.70. The molecule has 2 N–H and O–H groups in total. The van der Waals surface area contributed by atoms with E-state index in [2.05, 4.69) is 20.6 Å². The predicted molar refractivity (Wildman–Crippen MR) is 91.9 cm³/mol. The first-order chi connectivity index (χ1) is 11.8. The van der Waals surface area contributed by atoms with Crippen LogP contribution in [0.4, 0.5) is 16.3 Å². The standard InChI is InChI=1S/C18H16N4O2/c23-18(22-17-12-19-10-11-20-17)21-15-6-8-16(9-7-15)24-13-14-4-2-1-3-5-14/h1-12H,13H2,(H2,20,21,22,23). The van der Waals surface area contributed by atoms with Crippen LogP contribution in [0.3, 0.4) is 0 Å². The van der Waals surface area contributed by atoms with Crippen molar-refractivity contribution in [3.8, 4) is 5.75 Å². The third-order valence-electron chi connectivity index (χ3n) is 3.17. The Hall–Kier alpha value is -3.41. The summed E-state index contributed by atoms with van der Waals surface area (Å²) in [4.78, 5) is 19.7. The Bertz CT molecular complexity index is 777. The fourth-order valence-corrected chi connectivity index (χ4v) is 2.02. The van der Waals surface area contributed by atoms with Gasteiger partial charge in [-0.2, -0.15) is 0 Å². The van der Waals surface area contributed by atoms with Crippen molar-refractivity contribution in [3.05, 3.63) is 78.8 Å². The van der Waals surface area contributed by atoms with E-state index in [1.165, 1.54) is 18.6 Å². The monoisotopic (exact) mass is 320 g/mol. The van der Waals surface area contributed by atoms with Crippen molar-refractivity contribution < 1.29 is 9.53 Å². The Balaban J connectivity index is 1.51. The second kappa shape index (κ2) is 7.73. The van der Waals surface area contributed by atoms with Gasteiger partial charge >= 0.3 is 6.03 Å². The lowest BCUT2D eigenvalue weighted by molar-refractivity contribution is 0.262. The summed E-state index contributed by atoms with van der Waals surface area (Å²) in [5.41, 5.74) is 1.76. The van der Waals surface area contributed by atoms with Crippen LogP contribution in [-0.2, 0) is 6.61 Å². The van der Waals surface area contributed by atoms with Crippen LogP contribution >= 0.6 is 0 Å². The number of benzene rings is 2. The molecule has 0 aliphatic carbocycles. The normalized spacial score (nSPS) is 10.0. The van der Waals surface area contributed by atoms with Gasteiger partial charge in [0, 0.05) is 18.1 Å². The number of aromatic nitrogens is 2. The van der Waals surface area contributed by atoms with Gasteiger partial charge in [0.2, 0.25) is 0 Å². The van der Waals surface area contributed by atoms with Gasteiger partial charge in [-0.1, -0.05) is 30.3 Å². The van der Waals surface area contributed by atoms with E-state index < -0.39 is 0 Å². The van der Waals surface area contributed by atoms with Crippen molar-refractivity contribution in [3.63, 3.8) is 0 Å². The average Bonchev–Trinajstić information content (AvgIpc) is 2.63. The molecule has 2 aromatic carbocycles. The summed E-state index contributed by atoms with van der Waals surface area (Å²) in [5.74, 6) is 1.12. The van der Waals surface area contributed by atoms with E-state index in [9.17, 15) is 4.79 Å². The SMILES string of the molecule is O=C(Nc1ccc(OCc2ccccc2)cc1)Nc1cnccn1. The average molecular weight is 320 g/mol. The molecule has 0 saturated carbocycles. The first-order valence-corrected chi connectivity index (χ1v) is 7.40. The topological polar surface area (TPSA) is 76.1 Å². The third-order valence-corrected chi connectivity index (χ3v) is 3.17. The molecule has 0 atom stereocenters. The number of hydrogen-bond donors (Lipinski definition) is 2. The lowest BCUT2D eigenvalue weighted by Crippen LogP contribution is -2.20. The highest BCUT2D eigenvalue weighted by molar-refractivity contribution is 5.99. The number of anilines is 2. The van der Waals surface area contributed by atoms with Gasteiger partial charge in [0.15, 0.2) is 5.82 Å². The van der Waals surface area contributed by atoms with Crippen LogP contribution in [0.2, 0.25) is 0 Å². The van der Waals surface area contributed by atoms with Crippen molar-refractivity contribution in [2.24, 2.45) is 0 Å². The molecule has 0 aliphatic rings. The van der Waals surface area contributed by atoms with E-state index in [4.69, 9.17) is 4.74 Å². The highest BCUT2D eigenvalue weighted by atomic mass is 16.5. The molecule has 6 heteroatoms. The molecule has 24 heavy (non-hydrogen) atoms. The lowest BCUT2D eigenvalue weighted by Gasteiger charge is -2.09. The molecule has 0 fully saturated rings. The van der Waals surface area contributed by atoms with Gasteiger partial charge in [-0.25, -0.2) is 9.78 Å². The number of ether oxygens (including phenoxy) is 1. The van der Waals surface area contributed by atoms with Gasteiger partial charge < -0.3 is 10.1 Å². The highest BCUT2D eigenvalue weighted by Crippen LogP contribution is 2.17. The number of nitrogens with zero attached hydrogens (tertiary/aromatic N) is 2. The minimum Gasteiger partial charge on any atom is -0.489 e. The van der Waals surface area contributed by atoms with Crippen molar-refractivity contribution in [2.45, 2.75) is 6.61 Å². The fraction of sp³-hybridized carbons (Fsp3) is 0.0556. The molecule has 2 amide bonds. The van der Waals surface area contributed by atoms with Gasteiger partial charge in [-0.15, -0.1) is 0 Å². The number of urea groups is 1. The van der Waals surface area contributed by atoms with Crippen molar-refractivity contribution in [1.82, 2.24) is 9.97 Å². The minimum atomic E-state index is -0.381. The van der Waals surface area contributed by atoms with E-state index in [0.29, 0.717) is 18.1 Å². The minimum absolute atomic E-state index is 0.381. The Morgan fingerprint density at radius 1 is 0.958 bits per heavy atom. The van der Waals surface area contributed by atoms with Gasteiger partial charge in [0.05, 0.1) is 6.20 Å². The van der Waals surface area contributed by atoms with Gasteiger partial charge in [-0.3, -0.25) is 10.3 Å². The van der Waals surface area contributed by atoms with Crippen molar-refractivity contribution >= 4 is 17.5 Å². The second-order valence-corrected chi connectivity index (χ2v) is 4.97. The van der Waals surface area contributed by atoms with Crippen LogP contribution in [-0.4, -0.2) is 16.0 Å². The van der Waals surface area contributed by atoms with Gasteiger partial charge in [0.25, 0.3) is 0 Å². The Kier molecular flexibility index (Phi) is 4.99. The molecule has 0 bridgehead atoms. The lowest BCUT2D eigenvalue weighted by atomic mass is 10.2. The number of hydrogen-bond acceptors (Lipinski definition) is 4. The summed E-state index contributed by atoms with van der Waals surface area (Å²) in [6.45, 7) is 0.501. The number of nitrogens with one attached hydrogen (secondary N) is 2. The summed E-state index contributed by atoms with van der Waals surface area (Å²) in [6, 6.07) is 16.7. The quantitative estimate of drug-likeness (QED) is 0.751. The zero-order valence-corrected chi connectivity index (χ0v) is 12.8. The molecule has 1 aromatic heterocycles. The molecule has 0 spiro atoms. The molecule has 3 aromatic rings. The van der Waals surface area contributed by atoms with Crippen LogP contribution in [0.25, 0.3) is 0 Å². The molecule has 3 rings (SSSR count). The van der Waals surface area contributed by atoms with Crippen LogP contribution < -0.4 is 15.4 Å². The maximum absolute atomic E-state index is 11.9. The number of carbonyl (C=O) groups excluding carboxylic acids is 1. The molecule has 6 nitrogen and oxygen atoms in total. The molecule has 0 aliphatic heterocycles. The first-order valence-electron chi connectivity index (χ1n) is 7.40. The molecule has 0 unspecified atom stereocenters. The smallest absolute Gasteiger partial charge is 0.324 e. The Morgan fingerprint density at radius 3 is 2.46 bits per heavy atom. The third kappa shape index (κ3) is 4.54. The van der Waals surface area contributed by atoms with Crippen molar-refractivity contribution in [1.29, 1.82) is 0 Å². The summed E-state index contributed by atoms with van der Waals surface area (Å²) >= 11 is 0. The summed E-state index contributed by atoms with van der Waals surface area (Å²) < 4.78 is 5.70.